The van der Waals surface area contributed by atoms with Crippen LogP contribution in [0.2, 0.25) is 0 Å². The largest absolute Gasteiger partial charge is 0.496 e. The van der Waals surface area contributed by atoms with Crippen LogP contribution in [0.15, 0.2) is 18.2 Å². The number of Topliss-reactive ketones (excluding diaryl/α,β-unsaturated/α-hetero) is 1. The maximum absolute atomic E-state index is 11.3. The molecule has 0 N–H and O–H groups in total. The third kappa shape index (κ3) is 2.35. The summed E-state index contributed by atoms with van der Waals surface area (Å²) in [6.45, 7) is 3.28. The van der Waals surface area contributed by atoms with E-state index >= 15 is 0 Å². The highest BCUT2D eigenvalue weighted by Crippen LogP contribution is 2.24. The fourth-order valence-electron chi connectivity index (χ4n) is 1.34. The second-order valence-corrected chi connectivity index (χ2v) is 3.37. The van der Waals surface area contributed by atoms with Crippen LogP contribution in [0.1, 0.15) is 35.7 Å². The van der Waals surface area contributed by atoms with E-state index in [9.17, 15) is 4.79 Å². The van der Waals surface area contributed by atoms with E-state index in [1.807, 2.05) is 0 Å². The highest BCUT2D eigenvalue weighted by atomic mass is 16.5. The molecule has 3 heteroatoms. The molecule has 0 saturated heterocycles. The Morgan fingerprint density at radius 2 is 2.20 bits per heavy atom. The van der Waals surface area contributed by atoms with Crippen LogP contribution in [-0.2, 0) is 0 Å². The highest BCUT2D eigenvalue weighted by Gasteiger charge is 2.11. The number of hydrogen-bond acceptors (Lipinski definition) is 3. The van der Waals surface area contributed by atoms with Gasteiger partial charge < -0.3 is 4.74 Å². The second kappa shape index (κ2) is 4.61. The summed E-state index contributed by atoms with van der Waals surface area (Å²) >= 11 is 0. The molecule has 15 heavy (non-hydrogen) atoms. The summed E-state index contributed by atoms with van der Waals surface area (Å²) in [6, 6.07) is 7.38. The van der Waals surface area contributed by atoms with Gasteiger partial charge in [0.2, 0.25) is 0 Å². The van der Waals surface area contributed by atoms with Crippen molar-refractivity contribution in [3.63, 3.8) is 0 Å². The maximum atomic E-state index is 11.3. The van der Waals surface area contributed by atoms with Gasteiger partial charge in [-0.15, -0.1) is 0 Å². The first-order chi connectivity index (χ1) is 7.10. The van der Waals surface area contributed by atoms with Crippen molar-refractivity contribution in [3.05, 3.63) is 29.3 Å². The molecule has 0 aliphatic heterocycles. The highest BCUT2D eigenvalue weighted by molar-refractivity contribution is 5.97. The first-order valence-corrected chi connectivity index (χ1v) is 4.68. The Labute approximate surface area is 89.3 Å². The van der Waals surface area contributed by atoms with Gasteiger partial charge in [-0.25, -0.2) is 0 Å². The lowest BCUT2D eigenvalue weighted by molar-refractivity contribution is 0.101. The molecule has 78 valence electrons. The van der Waals surface area contributed by atoms with E-state index in [1.165, 1.54) is 14.0 Å². The molecule has 1 aromatic rings. The number of carbonyl (C=O) groups excluding carboxylic acids is 1. The number of benzene rings is 1. The minimum absolute atomic E-state index is 0.0566. The molecule has 0 amide bonds. The quantitative estimate of drug-likeness (QED) is 0.709. The molecule has 1 rings (SSSR count). The van der Waals surface area contributed by atoms with Gasteiger partial charge in [0.05, 0.1) is 24.7 Å². The van der Waals surface area contributed by atoms with Gasteiger partial charge in [0, 0.05) is 0 Å². The van der Waals surface area contributed by atoms with E-state index in [2.05, 4.69) is 6.07 Å². The van der Waals surface area contributed by atoms with Crippen LogP contribution < -0.4 is 4.74 Å². The van der Waals surface area contributed by atoms with Crippen molar-refractivity contribution in [3.8, 4) is 11.8 Å². The van der Waals surface area contributed by atoms with Crippen molar-refractivity contribution in [2.24, 2.45) is 0 Å². The first-order valence-electron chi connectivity index (χ1n) is 4.68. The number of ketones is 1. The zero-order valence-corrected chi connectivity index (χ0v) is 9.07. The Morgan fingerprint density at radius 3 is 2.67 bits per heavy atom. The lowest BCUT2D eigenvalue weighted by Crippen LogP contribution is -2.00. The van der Waals surface area contributed by atoms with Gasteiger partial charge in [0.1, 0.15) is 5.75 Å². The zero-order valence-electron chi connectivity index (χ0n) is 9.07. The molecule has 0 fully saturated rings. The summed E-state index contributed by atoms with van der Waals surface area (Å²) < 4.78 is 5.07. The van der Waals surface area contributed by atoms with Gasteiger partial charge in [0.25, 0.3) is 0 Å². The first kappa shape index (κ1) is 11.3. The van der Waals surface area contributed by atoms with Crippen LogP contribution in [0, 0.1) is 11.3 Å². The van der Waals surface area contributed by atoms with Gasteiger partial charge in [-0.1, -0.05) is 6.07 Å². The number of nitriles is 1. The van der Waals surface area contributed by atoms with E-state index < -0.39 is 0 Å². The zero-order chi connectivity index (χ0) is 11.4. The standard InChI is InChI=1S/C12H13NO2/c1-8(7-13)10-4-5-12(15-3)11(6-10)9(2)14/h4-6,8H,1-3H3/t8-/m0/s1. The van der Waals surface area contributed by atoms with Gasteiger partial charge >= 0.3 is 0 Å². The summed E-state index contributed by atoms with van der Waals surface area (Å²) in [4.78, 5) is 11.3. The molecular weight excluding hydrogens is 190 g/mol. The van der Waals surface area contributed by atoms with Crippen molar-refractivity contribution in [1.29, 1.82) is 5.26 Å². The third-order valence-electron chi connectivity index (χ3n) is 2.30. The van der Waals surface area contributed by atoms with Crippen molar-refractivity contribution < 1.29 is 9.53 Å². The van der Waals surface area contributed by atoms with Gasteiger partial charge in [-0.2, -0.15) is 5.26 Å². The molecule has 1 atom stereocenters. The molecule has 0 radical (unpaired) electrons. The Balaban J connectivity index is 3.23. The Kier molecular flexibility index (Phi) is 3.46. The van der Waals surface area contributed by atoms with E-state index in [-0.39, 0.29) is 11.7 Å². The van der Waals surface area contributed by atoms with E-state index in [1.54, 1.807) is 25.1 Å². The Bertz CT molecular complexity index is 418. The number of nitrogens with zero attached hydrogens (tertiary/aromatic N) is 1. The maximum Gasteiger partial charge on any atom is 0.163 e. The molecule has 0 aromatic heterocycles. The summed E-state index contributed by atoms with van der Waals surface area (Å²) in [5, 5.41) is 8.78. The van der Waals surface area contributed by atoms with Crippen LogP contribution in [0.3, 0.4) is 0 Å². The molecule has 0 heterocycles. The fraction of sp³-hybridized carbons (Fsp3) is 0.333. The third-order valence-corrected chi connectivity index (χ3v) is 2.30. The second-order valence-electron chi connectivity index (χ2n) is 3.37. The van der Waals surface area contributed by atoms with E-state index in [0.717, 1.165) is 5.56 Å². The summed E-state index contributed by atoms with van der Waals surface area (Å²) in [6.07, 6.45) is 0. The average molecular weight is 203 g/mol. The van der Waals surface area contributed by atoms with E-state index in [4.69, 9.17) is 10.00 Å². The van der Waals surface area contributed by atoms with Crippen LogP contribution in [0.25, 0.3) is 0 Å². The van der Waals surface area contributed by atoms with Crippen LogP contribution >= 0.6 is 0 Å². The molecule has 1 aromatic carbocycles. The molecule has 3 nitrogen and oxygen atoms in total. The molecule has 0 spiro atoms. The monoisotopic (exact) mass is 203 g/mol. The van der Waals surface area contributed by atoms with Crippen LogP contribution in [0.4, 0.5) is 0 Å². The molecule has 0 bridgehead atoms. The molecular formula is C12H13NO2. The number of hydrogen-bond donors (Lipinski definition) is 0. The predicted octanol–water partition coefficient (Wildman–Crippen LogP) is 2.52. The minimum atomic E-state index is -0.214. The molecule has 0 saturated carbocycles. The summed E-state index contributed by atoms with van der Waals surface area (Å²) in [5.41, 5.74) is 1.36. The van der Waals surface area contributed by atoms with Crippen LogP contribution in [-0.4, -0.2) is 12.9 Å². The van der Waals surface area contributed by atoms with Crippen LogP contribution in [0.5, 0.6) is 5.75 Å². The van der Waals surface area contributed by atoms with Gasteiger partial charge in [-0.05, 0) is 31.5 Å². The predicted molar refractivity (Wildman–Crippen MR) is 57.0 cm³/mol. The summed E-state index contributed by atoms with van der Waals surface area (Å²) in [5.74, 6) is 0.282. The average Bonchev–Trinajstić information content (AvgIpc) is 2.27. The van der Waals surface area contributed by atoms with Gasteiger partial charge in [0.15, 0.2) is 5.78 Å². The Hall–Kier alpha value is -1.82. The lowest BCUT2D eigenvalue weighted by atomic mass is 9.98. The number of carbonyl (C=O) groups is 1. The molecule has 0 aliphatic carbocycles. The van der Waals surface area contributed by atoms with Gasteiger partial charge in [-0.3, -0.25) is 4.79 Å². The SMILES string of the molecule is COc1ccc([C@@H](C)C#N)cc1C(C)=O. The van der Waals surface area contributed by atoms with Crippen molar-refractivity contribution in [2.45, 2.75) is 19.8 Å². The lowest BCUT2D eigenvalue weighted by Gasteiger charge is -2.09. The Morgan fingerprint density at radius 1 is 1.53 bits per heavy atom. The topological polar surface area (TPSA) is 50.1 Å². The van der Waals surface area contributed by atoms with Crippen molar-refractivity contribution >= 4 is 5.78 Å². The molecule has 0 unspecified atom stereocenters. The normalized spacial score (nSPS) is 11.6. The smallest absolute Gasteiger partial charge is 0.163 e. The van der Waals surface area contributed by atoms with Crippen molar-refractivity contribution in [1.82, 2.24) is 0 Å². The minimum Gasteiger partial charge on any atom is -0.496 e. The van der Waals surface area contributed by atoms with Crippen molar-refractivity contribution in [2.75, 3.05) is 7.11 Å². The number of rotatable bonds is 3. The number of ether oxygens (including phenoxy) is 1. The number of methoxy groups -OCH3 is 1. The fourth-order valence-corrected chi connectivity index (χ4v) is 1.34. The molecule has 0 aliphatic rings. The summed E-state index contributed by atoms with van der Waals surface area (Å²) in [7, 11) is 1.52. The van der Waals surface area contributed by atoms with E-state index in [0.29, 0.717) is 11.3 Å².